The summed E-state index contributed by atoms with van der Waals surface area (Å²) in [7, 11) is 1.61. The third-order valence-electron chi connectivity index (χ3n) is 4.68. The zero-order valence-electron chi connectivity index (χ0n) is 15.0. The maximum absolute atomic E-state index is 13.2. The number of ether oxygens (including phenoxy) is 1. The number of aromatic amines is 1. The van der Waals surface area contributed by atoms with Gasteiger partial charge in [0.2, 0.25) is 0 Å². The van der Waals surface area contributed by atoms with Crippen LogP contribution in [0.3, 0.4) is 0 Å². The van der Waals surface area contributed by atoms with Crippen LogP contribution in [0.5, 0.6) is 5.75 Å². The van der Waals surface area contributed by atoms with Gasteiger partial charge in [0.25, 0.3) is 5.91 Å². The molecule has 27 heavy (non-hydrogen) atoms. The lowest BCUT2D eigenvalue weighted by Gasteiger charge is -2.09. The van der Waals surface area contributed by atoms with Gasteiger partial charge in [-0.15, -0.1) is 0 Å². The number of methoxy groups -OCH3 is 1. The van der Waals surface area contributed by atoms with Crippen LogP contribution in [0.1, 0.15) is 40.5 Å². The summed E-state index contributed by atoms with van der Waals surface area (Å²) in [6, 6.07) is 13.6. The topological polar surface area (TPSA) is 67.0 Å². The van der Waals surface area contributed by atoms with Crippen LogP contribution in [0.15, 0.2) is 48.5 Å². The highest BCUT2D eigenvalue weighted by atomic mass is 19.1. The van der Waals surface area contributed by atoms with E-state index in [1.54, 1.807) is 19.2 Å². The van der Waals surface area contributed by atoms with Crippen LogP contribution in [-0.4, -0.2) is 23.0 Å². The van der Waals surface area contributed by atoms with Crippen molar-refractivity contribution in [2.75, 3.05) is 7.11 Å². The van der Waals surface area contributed by atoms with Crippen molar-refractivity contribution < 1.29 is 13.9 Å². The predicted molar refractivity (Wildman–Crippen MR) is 100 cm³/mol. The van der Waals surface area contributed by atoms with Crippen molar-refractivity contribution in [3.8, 4) is 17.1 Å². The van der Waals surface area contributed by atoms with E-state index in [1.165, 1.54) is 12.1 Å². The maximum atomic E-state index is 13.2. The summed E-state index contributed by atoms with van der Waals surface area (Å²) in [5.41, 5.74) is 2.91. The number of carbonyl (C=O) groups excluding carboxylic acids is 1. The van der Waals surface area contributed by atoms with Crippen molar-refractivity contribution in [2.24, 2.45) is 0 Å². The quantitative estimate of drug-likeness (QED) is 0.693. The molecule has 1 saturated carbocycles. The number of nitrogens with zero attached hydrogens (tertiary/aromatic N) is 1. The number of hydrogen-bond acceptors (Lipinski definition) is 3. The SMILES string of the molecule is COc1ccccc1CNC(=O)c1nc(-c2ccc(F)cc2)[nH]c1C1CC1. The van der Waals surface area contributed by atoms with Crippen LogP contribution in [0.4, 0.5) is 4.39 Å². The van der Waals surface area contributed by atoms with E-state index in [1.807, 2.05) is 24.3 Å². The Morgan fingerprint density at radius 3 is 2.67 bits per heavy atom. The van der Waals surface area contributed by atoms with E-state index in [2.05, 4.69) is 15.3 Å². The lowest BCUT2D eigenvalue weighted by Crippen LogP contribution is -2.24. The molecule has 0 saturated heterocycles. The summed E-state index contributed by atoms with van der Waals surface area (Å²) >= 11 is 0. The molecule has 2 N–H and O–H groups in total. The summed E-state index contributed by atoms with van der Waals surface area (Å²) in [5.74, 6) is 1.11. The number of amides is 1. The van der Waals surface area contributed by atoms with Gasteiger partial charge in [0.15, 0.2) is 0 Å². The van der Waals surface area contributed by atoms with Gasteiger partial charge in [0.1, 0.15) is 23.1 Å². The molecule has 0 radical (unpaired) electrons. The van der Waals surface area contributed by atoms with Crippen molar-refractivity contribution >= 4 is 5.91 Å². The van der Waals surface area contributed by atoms with Gasteiger partial charge in [-0.2, -0.15) is 0 Å². The van der Waals surface area contributed by atoms with E-state index in [0.717, 1.165) is 35.4 Å². The Bertz CT molecular complexity index is 962. The average Bonchev–Trinajstić information content (AvgIpc) is 3.45. The van der Waals surface area contributed by atoms with E-state index in [0.29, 0.717) is 24.0 Å². The molecule has 1 aromatic heterocycles. The highest BCUT2D eigenvalue weighted by Gasteiger charge is 2.31. The van der Waals surface area contributed by atoms with E-state index >= 15 is 0 Å². The Hall–Kier alpha value is -3.15. The normalized spacial score (nSPS) is 13.4. The molecule has 138 valence electrons. The molecule has 5 nitrogen and oxygen atoms in total. The van der Waals surface area contributed by atoms with Gasteiger partial charge < -0.3 is 15.0 Å². The van der Waals surface area contributed by atoms with Crippen LogP contribution in [0.25, 0.3) is 11.4 Å². The number of rotatable bonds is 6. The Kier molecular flexibility index (Phi) is 4.62. The number of aromatic nitrogens is 2. The number of para-hydroxylation sites is 1. The van der Waals surface area contributed by atoms with Crippen LogP contribution in [-0.2, 0) is 6.54 Å². The number of imidazole rings is 1. The van der Waals surface area contributed by atoms with Gasteiger partial charge in [-0.1, -0.05) is 18.2 Å². The maximum Gasteiger partial charge on any atom is 0.272 e. The fourth-order valence-corrected chi connectivity index (χ4v) is 3.08. The first-order chi connectivity index (χ1) is 13.2. The number of carbonyl (C=O) groups is 1. The molecule has 6 heteroatoms. The minimum Gasteiger partial charge on any atom is -0.496 e. The molecule has 2 aromatic carbocycles. The molecular weight excluding hydrogens is 345 g/mol. The number of hydrogen-bond donors (Lipinski definition) is 2. The second-order valence-electron chi connectivity index (χ2n) is 6.62. The molecule has 0 unspecified atom stereocenters. The first-order valence-corrected chi connectivity index (χ1v) is 8.91. The van der Waals surface area contributed by atoms with Crippen molar-refractivity contribution in [2.45, 2.75) is 25.3 Å². The number of H-pyrrole nitrogens is 1. The summed E-state index contributed by atoms with van der Waals surface area (Å²) < 4.78 is 18.5. The third kappa shape index (κ3) is 3.69. The molecule has 1 heterocycles. The second kappa shape index (κ2) is 7.23. The van der Waals surface area contributed by atoms with Gasteiger partial charge in [-0.3, -0.25) is 4.79 Å². The molecule has 1 aliphatic rings. The fraction of sp³-hybridized carbons (Fsp3) is 0.238. The molecule has 1 amide bonds. The molecule has 0 atom stereocenters. The Balaban J connectivity index is 1.56. The highest BCUT2D eigenvalue weighted by Crippen LogP contribution is 2.41. The van der Waals surface area contributed by atoms with E-state index in [4.69, 9.17) is 4.74 Å². The predicted octanol–water partition coefficient (Wildman–Crippen LogP) is 4.03. The Labute approximate surface area is 156 Å². The molecule has 0 spiro atoms. The van der Waals surface area contributed by atoms with Gasteiger partial charge in [0.05, 0.1) is 12.8 Å². The molecule has 0 aliphatic heterocycles. The van der Waals surface area contributed by atoms with Crippen molar-refractivity contribution in [3.05, 3.63) is 71.3 Å². The third-order valence-corrected chi connectivity index (χ3v) is 4.68. The van der Waals surface area contributed by atoms with Crippen LogP contribution in [0, 0.1) is 5.82 Å². The molecule has 3 aromatic rings. The zero-order valence-corrected chi connectivity index (χ0v) is 15.0. The fourth-order valence-electron chi connectivity index (χ4n) is 3.08. The molecule has 4 rings (SSSR count). The van der Waals surface area contributed by atoms with E-state index in [9.17, 15) is 9.18 Å². The smallest absolute Gasteiger partial charge is 0.272 e. The largest absolute Gasteiger partial charge is 0.496 e. The number of benzene rings is 2. The standard InChI is InChI=1S/C21H20FN3O2/c1-27-17-5-3-2-4-15(17)12-23-21(26)19-18(13-6-7-13)24-20(25-19)14-8-10-16(22)11-9-14/h2-5,8-11,13H,6-7,12H2,1H3,(H,23,26)(H,24,25). The van der Waals surface area contributed by atoms with E-state index in [-0.39, 0.29) is 11.7 Å². The van der Waals surface area contributed by atoms with Gasteiger partial charge >= 0.3 is 0 Å². The lowest BCUT2D eigenvalue weighted by atomic mass is 10.2. The zero-order chi connectivity index (χ0) is 18.8. The number of halogens is 1. The van der Waals surface area contributed by atoms with Gasteiger partial charge in [-0.25, -0.2) is 9.37 Å². The monoisotopic (exact) mass is 365 g/mol. The van der Waals surface area contributed by atoms with Crippen molar-refractivity contribution in [1.29, 1.82) is 0 Å². The minimum atomic E-state index is -0.303. The lowest BCUT2D eigenvalue weighted by molar-refractivity contribution is 0.0945. The minimum absolute atomic E-state index is 0.229. The van der Waals surface area contributed by atoms with Gasteiger partial charge in [0, 0.05) is 23.6 Å². The van der Waals surface area contributed by atoms with Crippen LogP contribution >= 0.6 is 0 Å². The average molecular weight is 365 g/mol. The Morgan fingerprint density at radius 2 is 1.96 bits per heavy atom. The summed E-state index contributed by atoms with van der Waals surface area (Å²) in [6.07, 6.45) is 2.08. The Morgan fingerprint density at radius 1 is 1.22 bits per heavy atom. The molecule has 1 fully saturated rings. The van der Waals surface area contributed by atoms with Crippen LogP contribution < -0.4 is 10.1 Å². The molecule has 1 aliphatic carbocycles. The highest BCUT2D eigenvalue weighted by molar-refractivity contribution is 5.94. The summed E-state index contributed by atoms with van der Waals surface area (Å²) in [5, 5.41) is 2.93. The summed E-state index contributed by atoms with van der Waals surface area (Å²) in [4.78, 5) is 20.5. The summed E-state index contributed by atoms with van der Waals surface area (Å²) in [6.45, 7) is 0.353. The van der Waals surface area contributed by atoms with Gasteiger partial charge in [-0.05, 0) is 43.2 Å². The first-order valence-electron chi connectivity index (χ1n) is 8.91. The van der Waals surface area contributed by atoms with Crippen LogP contribution in [0.2, 0.25) is 0 Å². The van der Waals surface area contributed by atoms with Crippen molar-refractivity contribution in [1.82, 2.24) is 15.3 Å². The second-order valence-corrected chi connectivity index (χ2v) is 6.62. The number of nitrogens with one attached hydrogen (secondary N) is 2. The van der Waals surface area contributed by atoms with E-state index < -0.39 is 0 Å². The van der Waals surface area contributed by atoms with Crippen molar-refractivity contribution in [3.63, 3.8) is 0 Å². The first kappa shape index (κ1) is 17.3. The molecule has 0 bridgehead atoms. The molecular formula is C21H20FN3O2.